The van der Waals surface area contributed by atoms with Crippen molar-refractivity contribution in [1.29, 1.82) is 0 Å². The van der Waals surface area contributed by atoms with E-state index in [1.54, 1.807) is 14.0 Å². The van der Waals surface area contributed by atoms with E-state index in [0.717, 1.165) is 36.2 Å². The van der Waals surface area contributed by atoms with E-state index in [1.165, 1.54) is 4.90 Å². The molecule has 1 atom stereocenters. The first-order valence-electron chi connectivity index (χ1n) is 11.8. The van der Waals surface area contributed by atoms with Gasteiger partial charge in [-0.25, -0.2) is 9.59 Å². The van der Waals surface area contributed by atoms with Crippen LogP contribution in [0, 0.1) is 13.8 Å². The summed E-state index contributed by atoms with van der Waals surface area (Å²) in [4.78, 5) is 44.0. The lowest BCUT2D eigenvalue weighted by Crippen LogP contribution is -2.49. The van der Waals surface area contributed by atoms with Crippen molar-refractivity contribution in [2.75, 3.05) is 46.4 Å². The first-order chi connectivity index (χ1) is 15.8. The highest BCUT2D eigenvalue weighted by Crippen LogP contribution is 2.33. The van der Waals surface area contributed by atoms with Crippen LogP contribution in [-0.2, 0) is 14.3 Å². The molecule has 1 aromatic rings. The van der Waals surface area contributed by atoms with Gasteiger partial charge in [0.15, 0.2) is 0 Å². The summed E-state index contributed by atoms with van der Waals surface area (Å²) in [7, 11) is 1.69. The number of ether oxygens (including phenoxy) is 1. The lowest BCUT2D eigenvalue weighted by Gasteiger charge is -2.37. The van der Waals surface area contributed by atoms with E-state index in [0.29, 0.717) is 37.3 Å². The zero-order valence-electron chi connectivity index (χ0n) is 20.4. The van der Waals surface area contributed by atoms with Gasteiger partial charge in [0, 0.05) is 51.9 Å². The zero-order chi connectivity index (χ0) is 24.1. The topological polar surface area (TPSA) is 82.2 Å². The Hall–Kier alpha value is -2.87. The number of carbonyl (C=O) groups excluding carboxylic acids is 3. The van der Waals surface area contributed by atoms with Crippen LogP contribution in [0.15, 0.2) is 29.5 Å². The molecule has 1 N–H and O–H groups in total. The van der Waals surface area contributed by atoms with Crippen molar-refractivity contribution >= 4 is 17.9 Å². The summed E-state index contributed by atoms with van der Waals surface area (Å²) in [6, 6.07) is 5.22. The van der Waals surface area contributed by atoms with E-state index >= 15 is 0 Å². The Kier molecular flexibility index (Phi) is 8.13. The summed E-state index contributed by atoms with van der Waals surface area (Å²) in [5, 5.41) is 3.01. The van der Waals surface area contributed by atoms with Crippen LogP contribution >= 0.6 is 0 Å². The third-order valence-electron chi connectivity index (χ3n) is 6.44. The molecule has 1 fully saturated rings. The van der Waals surface area contributed by atoms with Crippen LogP contribution in [-0.4, -0.2) is 79.0 Å². The zero-order valence-corrected chi connectivity index (χ0v) is 20.4. The Morgan fingerprint density at radius 2 is 1.88 bits per heavy atom. The monoisotopic (exact) mass is 456 g/mol. The number of aryl methyl sites for hydroxylation is 2. The minimum Gasteiger partial charge on any atom is -0.463 e. The van der Waals surface area contributed by atoms with Crippen LogP contribution < -0.4 is 5.32 Å². The van der Waals surface area contributed by atoms with E-state index in [4.69, 9.17) is 4.74 Å². The SMILES string of the molecule is CCOC(=O)C1=C(CN2CCCN(C(=O)CC)CC2)N(C)C(=O)NC1c1cc(C)ccc1C. The second-order valence-corrected chi connectivity index (χ2v) is 8.75. The van der Waals surface area contributed by atoms with Crippen molar-refractivity contribution < 1.29 is 19.1 Å². The van der Waals surface area contributed by atoms with Crippen LogP contribution in [0.2, 0.25) is 0 Å². The molecule has 3 amide bonds. The third-order valence-corrected chi connectivity index (χ3v) is 6.44. The molecular weight excluding hydrogens is 420 g/mol. The highest BCUT2D eigenvalue weighted by atomic mass is 16.5. The summed E-state index contributed by atoms with van der Waals surface area (Å²) in [5.41, 5.74) is 4.08. The molecule has 2 aliphatic heterocycles. The largest absolute Gasteiger partial charge is 0.463 e. The van der Waals surface area contributed by atoms with Crippen LogP contribution in [0.4, 0.5) is 4.79 Å². The molecule has 180 valence electrons. The normalized spacial score (nSPS) is 19.9. The number of amides is 3. The number of hydrogen-bond acceptors (Lipinski definition) is 5. The van der Waals surface area contributed by atoms with E-state index in [1.807, 2.05) is 43.9 Å². The van der Waals surface area contributed by atoms with E-state index in [-0.39, 0.29) is 18.5 Å². The second kappa shape index (κ2) is 10.8. The minimum atomic E-state index is -0.576. The van der Waals surface area contributed by atoms with Gasteiger partial charge in [-0.15, -0.1) is 0 Å². The van der Waals surface area contributed by atoms with E-state index in [9.17, 15) is 14.4 Å². The predicted molar refractivity (Wildman–Crippen MR) is 127 cm³/mol. The van der Waals surface area contributed by atoms with Crippen LogP contribution in [0.1, 0.15) is 49.4 Å². The number of likely N-dealkylation sites (N-methyl/N-ethyl adjacent to an activating group) is 1. The van der Waals surface area contributed by atoms with Crippen molar-refractivity contribution in [3.63, 3.8) is 0 Å². The fraction of sp³-hybridized carbons (Fsp3) is 0.560. The average molecular weight is 457 g/mol. The molecule has 8 heteroatoms. The average Bonchev–Trinajstić information content (AvgIpc) is 3.03. The van der Waals surface area contributed by atoms with Gasteiger partial charge in [-0.2, -0.15) is 0 Å². The number of benzene rings is 1. The molecule has 1 aromatic carbocycles. The Bertz CT molecular complexity index is 942. The maximum absolute atomic E-state index is 13.2. The lowest BCUT2D eigenvalue weighted by atomic mass is 9.90. The quantitative estimate of drug-likeness (QED) is 0.666. The van der Waals surface area contributed by atoms with Gasteiger partial charge in [0.05, 0.1) is 18.2 Å². The van der Waals surface area contributed by atoms with Crippen molar-refractivity contribution in [2.45, 2.75) is 46.6 Å². The summed E-state index contributed by atoms with van der Waals surface area (Å²) < 4.78 is 5.45. The van der Waals surface area contributed by atoms with Crippen molar-refractivity contribution in [1.82, 2.24) is 20.0 Å². The molecule has 0 bridgehead atoms. The molecule has 0 saturated carbocycles. The number of nitrogens with one attached hydrogen (secondary N) is 1. The standard InChI is InChI=1S/C25H36N4O4/c1-6-21(30)29-12-8-11-28(13-14-29)16-20-22(24(31)33-7-2)23(26-25(32)27(20)5)19-15-17(3)9-10-18(19)4/h9-10,15,23H,6-8,11-14,16H2,1-5H3,(H,26,32). The molecule has 2 aliphatic rings. The van der Waals surface area contributed by atoms with Gasteiger partial charge in [-0.1, -0.05) is 30.7 Å². The summed E-state index contributed by atoms with van der Waals surface area (Å²) in [6.07, 6.45) is 1.35. The first-order valence-corrected chi connectivity index (χ1v) is 11.8. The van der Waals surface area contributed by atoms with Gasteiger partial charge < -0.3 is 15.0 Å². The molecule has 33 heavy (non-hydrogen) atoms. The van der Waals surface area contributed by atoms with E-state index < -0.39 is 12.0 Å². The summed E-state index contributed by atoms with van der Waals surface area (Å²) in [6.45, 7) is 11.2. The maximum Gasteiger partial charge on any atom is 0.338 e. The molecule has 0 spiro atoms. The molecule has 0 aromatic heterocycles. The molecule has 1 unspecified atom stereocenters. The molecule has 2 heterocycles. The fourth-order valence-electron chi connectivity index (χ4n) is 4.52. The highest BCUT2D eigenvalue weighted by molar-refractivity contribution is 5.95. The fourth-order valence-corrected chi connectivity index (χ4v) is 4.52. The Labute approximate surface area is 196 Å². The molecule has 0 aliphatic carbocycles. The van der Waals surface area contributed by atoms with Crippen molar-refractivity contribution in [2.24, 2.45) is 0 Å². The highest BCUT2D eigenvalue weighted by Gasteiger charge is 2.38. The van der Waals surface area contributed by atoms with Gasteiger partial charge in [-0.3, -0.25) is 14.6 Å². The first kappa shape index (κ1) is 24.8. The smallest absolute Gasteiger partial charge is 0.338 e. The Balaban J connectivity index is 1.99. The minimum absolute atomic E-state index is 0.160. The number of esters is 1. The lowest BCUT2D eigenvalue weighted by molar-refractivity contribution is -0.139. The second-order valence-electron chi connectivity index (χ2n) is 8.75. The van der Waals surface area contributed by atoms with Crippen LogP contribution in [0.3, 0.4) is 0 Å². The van der Waals surface area contributed by atoms with Gasteiger partial charge >= 0.3 is 12.0 Å². The predicted octanol–water partition coefficient (Wildman–Crippen LogP) is 2.76. The number of urea groups is 1. The van der Waals surface area contributed by atoms with Crippen LogP contribution in [0.25, 0.3) is 0 Å². The Morgan fingerprint density at radius 1 is 1.12 bits per heavy atom. The van der Waals surface area contributed by atoms with Crippen molar-refractivity contribution in [3.8, 4) is 0 Å². The number of carbonyl (C=O) groups is 3. The Morgan fingerprint density at radius 3 is 2.58 bits per heavy atom. The third kappa shape index (κ3) is 5.55. The van der Waals surface area contributed by atoms with Crippen LogP contribution in [0.5, 0.6) is 0 Å². The van der Waals surface area contributed by atoms with Gasteiger partial charge in [0.25, 0.3) is 0 Å². The van der Waals surface area contributed by atoms with Gasteiger partial charge in [-0.05, 0) is 38.3 Å². The molecule has 8 nitrogen and oxygen atoms in total. The summed E-state index contributed by atoms with van der Waals surface area (Å²) in [5.74, 6) is -0.254. The van der Waals surface area contributed by atoms with E-state index in [2.05, 4.69) is 10.2 Å². The number of rotatable bonds is 6. The van der Waals surface area contributed by atoms with Gasteiger partial charge in [0.2, 0.25) is 5.91 Å². The summed E-state index contributed by atoms with van der Waals surface area (Å²) >= 11 is 0. The molecular formula is C25H36N4O4. The maximum atomic E-state index is 13.2. The molecule has 1 saturated heterocycles. The van der Waals surface area contributed by atoms with Gasteiger partial charge in [0.1, 0.15) is 0 Å². The molecule has 0 radical (unpaired) electrons. The number of hydrogen-bond donors (Lipinski definition) is 1. The van der Waals surface area contributed by atoms with Crippen molar-refractivity contribution in [3.05, 3.63) is 46.2 Å². The molecule has 3 rings (SSSR count). The number of nitrogens with zero attached hydrogens (tertiary/aromatic N) is 3.